The first-order valence-corrected chi connectivity index (χ1v) is 4.88. The molecule has 14 heavy (non-hydrogen) atoms. The maximum absolute atomic E-state index is 6.03. The minimum absolute atomic E-state index is 0.131. The van der Waals surface area contributed by atoms with Crippen LogP contribution in [0.25, 0.3) is 0 Å². The molecule has 1 aromatic rings. The molecule has 0 spiro atoms. The van der Waals surface area contributed by atoms with Gasteiger partial charge in [-0.15, -0.1) is 0 Å². The number of aromatic nitrogens is 2. The number of aryl methyl sites for hydroxylation is 1. The van der Waals surface area contributed by atoms with Gasteiger partial charge in [-0.25, -0.2) is 0 Å². The second kappa shape index (κ2) is 4.00. The minimum atomic E-state index is 0.131. The first kappa shape index (κ1) is 11.0. The summed E-state index contributed by atoms with van der Waals surface area (Å²) < 4.78 is 1.80. The van der Waals surface area contributed by atoms with Crippen molar-refractivity contribution < 1.29 is 0 Å². The van der Waals surface area contributed by atoms with E-state index in [2.05, 4.69) is 31.2 Å². The SMILES string of the molecule is Cn1nccc1NC[C@H](N)C(C)(C)C. The Morgan fingerprint density at radius 1 is 1.57 bits per heavy atom. The summed E-state index contributed by atoms with van der Waals surface area (Å²) in [5, 5.41) is 7.34. The van der Waals surface area contributed by atoms with Crippen molar-refractivity contribution in [1.29, 1.82) is 0 Å². The lowest BCUT2D eigenvalue weighted by atomic mass is 9.87. The summed E-state index contributed by atoms with van der Waals surface area (Å²) in [7, 11) is 1.91. The quantitative estimate of drug-likeness (QED) is 0.764. The van der Waals surface area contributed by atoms with Crippen LogP contribution in [-0.2, 0) is 7.05 Å². The summed E-state index contributed by atoms with van der Waals surface area (Å²) in [6, 6.07) is 2.08. The lowest BCUT2D eigenvalue weighted by molar-refractivity contribution is 0.331. The molecule has 0 unspecified atom stereocenters. The van der Waals surface area contributed by atoms with Crippen molar-refractivity contribution in [2.75, 3.05) is 11.9 Å². The zero-order chi connectivity index (χ0) is 10.8. The second-order valence-electron chi connectivity index (χ2n) is 4.69. The van der Waals surface area contributed by atoms with Crippen molar-refractivity contribution in [3.05, 3.63) is 12.3 Å². The van der Waals surface area contributed by atoms with E-state index >= 15 is 0 Å². The van der Waals surface area contributed by atoms with Crippen molar-refractivity contribution in [1.82, 2.24) is 9.78 Å². The number of anilines is 1. The van der Waals surface area contributed by atoms with Gasteiger partial charge >= 0.3 is 0 Å². The van der Waals surface area contributed by atoms with Crippen molar-refractivity contribution in [3.63, 3.8) is 0 Å². The number of hydrogen-bond acceptors (Lipinski definition) is 3. The third-order valence-electron chi connectivity index (χ3n) is 2.44. The fourth-order valence-electron chi connectivity index (χ4n) is 1.07. The maximum Gasteiger partial charge on any atom is 0.123 e. The van der Waals surface area contributed by atoms with Gasteiger partial charge < -0.3 is 11.1 Å². The molecule has 0 radical (unpaired) electrons. The van der Waals surface area contributed by atoms with Gasteiger partial charge in [0.05, 0.1) is 6.20 Å². The first-order chi connectivity index (χ1) is 6.41. The Bertz CT molecular complexity index is 285. The van der Waals surface area contributed by atoms with E-state index in [4.69, 9.17) is 5.73 Å². The minimum Gasteiger partial charge on any atom is -0.369 e. The zero-order valence-corrected chi connectivity index (χ0v) is 9.41. The highest BCUT2D eigenvalue weighted by Crippen LogP contribution is 2.17. The van der Waals surface area contributed by atoms with Crippen molar-refractivity contribution in [2.24, 2.45) is 18.2 Å². The van der Waals surface area contributed by atoms with E-state index in [1.165, 1.54) is 0 Å². The molecule has 80 valence electrons. The third-order valence-corrected chi connectivity index (χ3v) is 2.44. The summed E-state index contributed by atoms with van der Waals surface area (Å²) in [4.78, 5) is 0. The predicted octanol–water partition coefficient (Wildman–Crippen LogP) is 1.21. The van der Waals surface area contributed by atoms with Crippen LogP contribution in [0, 0.1) is 5.41 Å². The molecule has 1 aromatic heterocycles. The van der Waals surface area contributed by atoms with Gasteiger partial charge in [-0.05, 0) is 5.41 Å². The molecule has 4 heteroatoms. The smallest absolute Gasteiger partial charge is 0.123 e. The van der Waals surface area contributed by atoms with Crippen LogP contribution in [0.2, 0.25) is 0 Å². The molecule has 1 atom stereocenters. The summed E-state index contributed by atoms with van der Waals surface area (Å²) in [5.74, 6) is 1.00. The van der Waals surface area contributed by atoms with Gasteiger partial charge in [0.1, 0.15) is 5.82 Å². The van der Waals surface area contributed by atoms with Gasteiger partial charge in [0, 0.05) is 25.7 Å². The van der Waals surface area contributed by atoms with Gasteiger partial charge in [0.25, 0.3) is 0 Å². The van der Waals surface area contributed by atoms with E-state index in [1.54, 1.807) is 10.9 Å². The van der Waals surface area contributed by atoms with Crippen LogP contribution in [0.5, 0.6) is 0 Å². The number of hydrogen-bond donors (Lipinski definition) is 2. The number of nitrogens with zero attached hydrogens (tertiary/aromatic N) is 2. The lowest BCUT2D eigenvalue weighted by Crippen LogP contribution is -2.41. The lowest BCUT2D eigenvalue weighted by Gasteiger charge is -2.27. The molecule has 0 saturated heterocycles. The standard InChI is InChI=1S/C10H20N4/c1-10(2,3)8(11)7-12-9-5-6-13-14(9)4/h5-6,8,12H,7,11H2,1-4H3/t8-/m0/s1. The summed E-state index contributed by atoms with van der Waals surface area (Å²) >= 11 is 0. The maximum atomic E-state index is 6.03. The number of nitrogens with two attached hydrogens (primary N) is 1. The van der Waals surface area contributed by atoms with Gasteiger partial charge in [-0.3, -0.25) is 4.68 Å². The highest BCUT2D eigenvalue weighted by atomic mass is 15.3. The van der Waals surface area contributed by atoms with Gasteiger partial charge in [-0.1, -0.05) is 20.8 Å². The molecule has 1 heterocycles. The average Bonchev–Trinajstić information content (AvgIpc) is 2.45. The molecule has 0 bridgehead atoms. The monoisotopic (exact) mass is 196 g/mol. The molecule has 1 rings (SSSR count). The number of rotatable bonds is 3. The molecule has 0 aliphatic rings. The van der Waals surface area contributed by atoms with Crippen LogP contribution in [0.3, 0.4) is 0 Å². The van der Waals surface area contributed by atoms with Crippen molar-refractivity contribution in [2.45, 2.75) is 26.8 Å². The fraction of sp³-hybridized carbons (Fsp3) is 0.700. The average molecular weight is 196 g/mol. The van der Waals surface area contributed by atoms with Crippen LogP contribution >= 0.6 is 0 Å². The molecule has 0 fully saturated rings. The van der Waals surface area contributed by atoms with Crippen LogP contribution in [0.15, 0.2) is 12.3 Å². The molecule has 3 N–H and O–H groups in total. The molecular formula is C10H20N4. The summed E-state index contributed by atoms with van der Waals surface area (Å²) in [5.41, 5.74) is 6.16. The molecule has 0 aliphatic heterocycles. The van der Waals surface area contributed by atoms with E-state index in [-0.39, 0.29) is 11.5 Å². The Morgan fingerprint density at radius 3 is 2.64 bits per heavy atom. The Kier molecular flexibility index (Phi) is 3.16. The molecule has 0 saturated carbocycles. The second-order valence-corrected chi connectivity index (χ2v) is 4.69. The van der Waals surface area contributed by atoms with Gasteiger partial charge in [0.15, 0.2) is 0 Å². The van der Waals surface area contributed by atoms with Crippen molar-refractivity contribution in [3.8, 4) is 0 Å². The van der Waals surface area contributed by atoms with Crippen LogP contribution in [0.1, 0.15) is 20.8 Å². The van der Waals surface area contributed by atoms with E-state index in [1.807, 2.05) is 13.1 Å². The summed E-state index contributed by atoms with van der Waals surface area (Å²) in [6.07, 6.45) is 1.77. The Labute approximate surface area is 85.5 Å². The Morgan fingerprint density at radius 2 is 2.21 bits per heavy atom. The van der Waals surface area contributed by atoms with Gasteiger partial charge in [-0.2, -0.15) is 5.10 Å². The zero-order valence-electron chi connectivity index (χ0n) is 9.41. The summed E-state index contributed by atoms with van der Waals surface area (Å²) in [6.45, 7) is 7.19. The molecule has 4 nitrogen and oxygen atoms in total. The number of nitrogens with one attached hydrogen (secondary N) is 1. The Balaban J connectivity index is 2.46. The van der Waals surface area contributed by atoms with Crippen LogP contribution in [0.4, 0.5) is 5.82 Å². The molecular weight excluding hydrogens is 176 g/mol. The van der Waals surface area contributed by atoms with Gasteiger partial charge in [0.2, 0.25) is 0 Å². The predicted molar refractivity (Wildman–Crippen MR) is 59.1 cm³/mol. The fourth-order valence-corrected chi connectivity index (χ4v) is 1.07. The highest BCUT2D eigenvalue weighted by Gasteiger charge is 2.20. The van der Waals surface area contributed by atoms with E-state index in [0.717, 1.165) is 12.4 Å². The highest BCUT2D eigenvalue weighted by molar-refractivity contribution is 5.33. The van der Waals surface area contributed by atoms with Crippen LogP contribution < -0.4 is 11.1 Å². The largest absolute Gasteiger partial charge is 0.369 e. The Hall–Kier alpha value is -1.03. The van der Waals surface area contributed by atoms with E-state index in [0.29, 0.717) is 0 Å². The molecule has 0 amide bonds. The first-order valence-electron chi connectivity index (χ1n) is 4.88. The third kappa shape index (κ3) is 2.73. The van der Waals surface area contributed by atoms with E-state index in [9.17, 15) is 0 Å². The van der Waals surface area contributed by atoms with E-state index < -0.39 is 0 Å². The normalized spacial score (nSPS) is 14.1. The van der Waals surface area contributed by atoms with Crippen LogP contribution in [-0.4, -0.2) is 22.4 Å². The molecule has 0 aliphatic carbocycles. The van der Waals surface area contributed by atoms with Crippen molar-refractivity contribution >= 4 is 5.82 Å². The topological polar surface area (TPSA) is 55.9 Å². The molecule has 0 aromatic carbocycles.